The quantitative estimate of drug-likeness (QED) is 0.847. The van der Waals surface area contributed by atoms with Gasteiger partial charge in [-0.15, -0.1) is 0 Å². The lowest BCUT2D eigenvalue weighted by molar-refractivity contribution is -0.123. The van der Waals surface area contributed by atoms with Crippen molar-refractivity contribution in [1.82, 2.24) is 5.32 Å². The lowest BCUT2D eigenvalue weighted by atomic mass is 10.2. The Balaban J connectivity index is 2.58. The van der Waals surface area contributed by atoms with Crippen LogP contribution in [-0.4, -0.2) is 26.2 Å². The molecule has 5 nitrogen and oxygen atoms in total. The molecule has 1 aromatic rings. The molecule has 0 unspecified atom stereocenters. The van der Waals surface area contributed by atoms with Crippen LogP contribution in [0.5, 0.6) is 11.5 Å². The summed E-state index contributed by atoms with van der Waals surface area (Å²) in [7, 11) is 1.49. The first-order chi connectivity index (χ1) is 9.06. The molecule has 0 saturated carbocycles. The molecule has 0 atom stereocenters. The van der Waals surface area contributed by atoms with E-state index >= 15 is 0 Å². The average molecular weight is 262 g/mol. The van der Waals surface area contributed by atoms with Crippen LogP contribution in [-0.2, 0) is 4.79 Å². The number of benzene rings is 1. The van der Waals surface area contributed by atoms with E-state index in [4.69, 9.17) is 14.7 Å². The van der Waals surface area contributed by atoms with Crippen molar-refractivity contribution in [1.29, 1.82) is 5.26 Å². The van der Waals surface area contributed by atoms with E-state index < -0.39 is 0 Å². The highest BCUT2D eigenvalue weighted by atomic mass is 16.5. The van der Waals surface area contributed by atoms with E-state index in [1.807, 2.05) is 19.9 Å². The Kier molecular flexibility index (Phi) is 5.68. The summed E-state index contributed by atoms with van der Waals surface area (Å²) >= 11 is 0. The standard InChI is InChI=1S/C14H18N2O3/c1-10(2)8-16-14(17)9-19-12-5-4-11(7-15)6-13(12)18-3/h4-6,10H,8-9H2,1-3H3,(H,16,17). The number of nitriles is 1. The van der Waals surface area contributed by atoms with E-state index in [0.29, 0.717) is 29.5 Å². The van der Waals surface area contributed by atoms with Crippen molar-refractivity contribution in [2.24, 2.45) is 5.92 Å². The third kappa shape index (κ3) is 4.88. The molecule has 102 valence electrons. The fourth-order valence-corrected chi connectivity index (χ4v) is 1.37. The highest BCUT2D eigenvalue weighted by Crippen LogP contribution is 2.27. The Morgan fingerprint density at radius 3 is 2.74 bits per heavy atom. The smallest absolute Gasteiger partial charge is 0.257 e. The van der Waals surface area contributed by atoms with Crippen LogP contribution in [0.25, 0.3) is 0 Å². The Morgan fingerprint density at radius 1 is 1.42 bits per heavy atom. The molecule has 0 bridgehead atoms. The van der Waals surface area contributed by atoms with Crippen molar-refractivity contribution in [3.63, 3.8) is 0 Å². The Labute approximate surface area is 113 Å². The van der Waals surface area contributed by atoms with Crippen LogP contribution >= 0.6 is 0 Å². The number of carbonyl (C=O) groups excluding carboxylic acids is 1. The summed E-state index contributed by atoms with van der Waals surface area (Å²) < 4.78 is 10.5. The van der Waals surface area contributed by atoms with Crippen LogP contribution in [0.4, 0.5) is 0 Å². The monoisotopic (exact) mass is 262 g/mol. The number of nitrogens with one attached hydrogen (secondary N) is 1. The van der Waals surface area contributed by atoms with Crippen molar-refractivity contribution in [3.8, 4) is 17.6 Å². The van der Waals surface area contributed by atoms with E-state index in [2.05, 4.69) is 5.32 Å². The molecule has 0 saturated heterocycles. The summed E-state index contributed by atoms with van der Waals surface area (Å²) in [5.74, 6) is 1.10. The van der Waals surface area contributed by atoms with Gasteiger partial charge in [0, 0.05) is 12.6 Å². The molecule has 0 radical (unpaired) electrons. The molecule has 1 rings (SSSR count). The van der Waals surface area contributed by atoms with Gasteiger partial charge in [-0.1, -0.05) is 13.8 Å². The van der Waals surface area contributed by atoms with Crippen LogP contribution in [0.3, 0.4) is 0 Å². The maximum atomic E-state index is 11.5. The summed E-state index contributed by atoms with van der Waals surface area (Å²) in [5.41, 5.74) is 0.480. The molecule has 0 fully saturated rings. The number of carbonyl (C=O) groups is 1. The minimum atomic E-state index is -0.180. The van der Waals surface area contributed by atoms with E-state index in [1.54, 1.807) is 18.2 Å². The van der Waals surface area contributed by atoms with Crippen molar-refractivity contribution >= 4 is 5.91 Å². The Bertz CT molecular complexity index is 478. The number of hydrogen-bond acceptors (Lipinski definition) is 4. The molecule has 0 aliphatic carbocycles. The van der Waals surface area contributed by atoms with Gasteiger partial charge in [0.1, 0.15) is 0 Å². The second-order valence-corrected chi connectivity index (χ2v) is 4.46. The molecule has 0 heterocycles. The van der Waals surface area contributed by atoms with Crippen molar-refractivity contribution in [2.75, 3.05) is 20.3 Å². The van der Waals surface area contributed by atoms with Crippen molar-refractivity contribution < 1.29 is 14.3 Å². The third-order valence-electron chi connectivity index (χ3n) is 2.36. The first kappa shape index (κ1) is 14.8. The number of rotatable bonds is 6. The van der Waals surface area contributed by atoms with Crippen LogP contribution in [0.2, 0.25) is 0 Å². The second kappa shape index (κ2) is 7.27. The van der Waals surface area contributed by atoms with Crippen LogP contribution in [0.15, 0.2) is 18.2 Å². The number of ether oxygens (including phenoxy) is 2. The summed E-state index contributed by atoms with van der Waals surface area (Å²) in [6.07, 6.45) is 0. The van der Waals surface area contributed by atoms with Gasteiger partial charge in [-0.2, -0.15) is 5.26 Å². The maximum Gasteiger partial charge on any atom is 0.257 e. The maximum absolute atomic E-state index is 11.5. The number of methoxy groups -OCH3 is 1. The second-order valence-electron chi connectivity index (χ2n) is 4.46. The van der Waals surface area contributed by atoms with Crippen molar-refractivity contribution in [3.05, 3.63) is 23.8 Å². The molecule has 1 amide bonds. The molecule has 1 N–H and O–H groups in total. The van der Waals surface area contributed by atoms with Gasteiger partial charge in [-0.3, -0.25) is 4.79 Å². The van der Waals surface area contributed by atoms with Gasteiger partial charge in [0.2, 0.25) is 0 Å². The summed E-state index contributed by atoms with van der Waals surface area (Å²) in [6, 6.07) is 6.82. The van der Waals surface area contributed by atoms with Gasteiger partial charge in [-0.25, -0.2) is 0 Å². The Morgan fingerprint density at radius 2 is 2.16 bits per heavy atom. The predicted molar refractivity (Wildman–Crippen MR) is 71.1 cm³/mol. The van der Waals surface area contributed by atoms with Crippen LogP contribution < -0.4 is 14.8 Å². The average Bonchev–Trinajstić information content (AvgIpc) is 2.42. The van der Waals surface area contributed by atoms with Gasteiger partial charge >= 0.3 is 0 Å². The van der Waals surface area contributed by atoms with Gasteiger partial charge in [0.25, 0.3) is 5.91 Å². The molecular weight excluding hydrogens is 244 g/mol. The molecule has 1 aromatic carbocycles. The van der Waals surface area contributed by atoms with E-state index in [-0.39, 0.29) is 12.5 Å². The fourth-order valence-electron chi connectivity index (χ4n) is 1.37. The first-order valence-electron chi connectivity index (χ1n) is 6.04. The molecule has 19 heavy (non-hydrogen) atoms. The SMILES string of the molecule is COc1cc(C#N)ccc1OCC(=O)NCC(C)C. The van der Waals surface area contributed by atoms with Gasteiger partial charge in [0.15, 0.2) is 18.1 Å². The summed E-state index contributed by atoms with van der Waals surface area (Å²) in [4.78, 5) is 11.5. The first-order valence-corrected chi connectivity index (χ1v) is 6.04. The Hall–Kier alpha value is -2.22. The minimum Gasteiger partial charge on any atom is -0.493 e. The molecular formula is C14H18N2O3. The summed E-state index contributed by atoms with van der Waals surface area (Å²) in [5, 5.41) is 11.5. The molecule has 0 aliphatic heterocycles. The van der Waals surface area contributed by atoms with E-state index in [0.717, 1.165) is 0 Å². The topological polar surface area (TPSA) is 71.3 Å². The van der Waals surface area contributed by atoms with Crippen LogP contribution in [0, 0.1) is 17.2 Å². The summed E-state index contributed by atoms with van der Waals surface area (Å²) in [6.45, 7) is 4.58. The largest absolute Gasteiger partial charge is 0.493 e. The predicted octanol–water partition coefficient (Wildman–Crippen LogP) is 1.72. The highest BCUT2D eigenvalue weighted by molar-refractivity contribution is 5.77. The van der Waals surface area contributed by atoms with Gasteiger partial charge < -0.3 is 14.8 Å². The number of amides is 1. The fraction of sp³-hybridized carbons (Fsp3) is 0.429. The molecule has 5 heteroatoms. The molecule has 0 aromatic heterocycles. The lowest BCUT2D eigenvalue weighted by Crippen LogP contribution is -2.31. The molecule has 0 aliphatic rings. The van der Waals surface area contributed by atoms with Gasteiger partial charge in [0.05, 0.1) is 18.7 Å². The zero-order valence-electron chi connectivity index (χ0n) is 11.4. The van der Waals surface area contributed by atoms with E-state index in [9.17, 15) is 4.79 Å². The molecule has 0 spiro atoms. The lowest BCUT2D eigenvalue weighted by Gasteiger charge is -2.11. The number of nitrogens with zero attached hydrogens (tertiary/aromatic N) is 1. The zero-order chi connectivity index (χ0) is 14.3. The van der Waals surface area contributed by atoms with Crippen LogP contribution in [0.1, 0.15) is 19.4 Å². The van der Waals surface area contributed by atoms with Crippen molar-refractivity contribution in [2.45, 2.75) is 13.8 Å². The minimum absolute atomic E-state index is 0.0744. The van der Waals surface area contributed by atoms with Gasteiger partial charge in [-0.05, 0) is 18.1 Å². The number of hydrogen-bond donors (Lipinski definition) is 1. The van der Waals surface area contributed by atoms with E-state index in [1.165, 1.54) is 7.11 Å². The third-order valence-corrected chi connectivity index (χ3v) is 2.36. The zero-order valence-corrected chi connectivity index (χ0v) is 11.4. The highest BCUT2D eigenvalue weighted by Gasteiger charge is 2.08. The normalized spacial score (nSPS) is 9.84.